The van der Waals surface area contributed by atoms with E-state index in [0.29, 0.717) is 10.9 Å². The molecule has 0 aliphatic carbocycles. The number of nitrogens with one attached hydrogen (secondary N) is 1. The Morgan fingerprint density at radius 2 is 2.00 bits per heavy atom. The van der Waals surface area contributed by atoms with Gasteiger partial charge in [0.1, 0.15) is 6.67 Å². The minimum Gasteiger partial charge on any atom is -0.481 e. The van der Waals surface area contributed by atoms with E-state index >= 15 is 0 Å². The Morgan fingerprint density at radius 1 is 1.31 bits per heavy atom. The zero-order valence-electron chi connectivity index (χ0n) is 14.7. The molecule has 8 heteroatoms. The van der Waals surface area contributed by atoms with Gasteiger partial charge in [-0.25, -0.2) is 9.37 Å². The normalized spacial score (nSPS) is 13.7. The van der Waals surface area contributed by atoms with Gasteiger partial charge >= 0.3 is 5.97 Å². The average molecular weight is 363 g/mol. The molecular weight excluding hydrogens is 341 g/mol. The first-order valence-electron chi connectivity index (χ1n) is 8.34. The Bertz CT molecular complexity index is 850. The molecule has 2 aromatic rings. The van der Waals surface area contributed by atoms with Crippen LogP contribution in [0.1, 0.15) is 26.3 Å². The van der Waals surface area contributed by atoms with Crippen molar-refractivity contribution in [3.05, 3.63) is 40.9 Å². The van der Waals surface area contributed by atoms with Crippen LogP contribution >= 0.6 is 0 Å². The molecule has 1 aromatic heterocycles. The number of carbonyl (C=O) groups excluding carboxylic acids is 1. The summed E-state index contributed by atoms with van der Waals surface area (Å²) in [7, 11) is 0. The van der Waals surface area contributed by atoms with E-state index in [9.17, 15) is 18.8 Å². The summed E-state index contributed by atoms with van der Waals surface area (Å²) in [6.45, 7) is 2.70. The van der Waals surface area contributed by atoms with Crippen molar-refractivity contribution in [2.75, 3.05) is 13.2 Å². The lowest BCUT2D eigenvalue weighted by molar-refractivity contribution is -0.139. The SMILES string of the molecule is CC(C)[C@@H](CNC(CC(=O)O)C(=O)CF)n1cnc2ccccc2c1=O. The summed E-state index contributed by atoms with van der Waals surface area (Å²) in [6.07, 6.45) is 0.929. The molecule has 0 fully saturated rings. The van der Waals surface area contributed by atoms with Crippen molar-refractivity contribution in [3.63, 3.8) is 0 Å². The second kappa shape index (κ2) is 8.66. The Balaban J connectivity index is 2.29. The number of benzene rings is 1. The monoisotopic (exact) mass is 363 g/mol. The Morgan fingerprint density at radius 3 is 2.62 bits per heavy atom. The van der Waals surface area contributed by atoms with Gasteiger partial charge in [0, 0.05) is 6.54 Å². The van der Waals surface area contributed by atoms with Crippen LogP contribution in [0.5, 0.6) is 0 Å². The van der Waals surface area contributed by atoms with Crippen LogP contribution in [0.2, 0.25) is 0 Å². The summed E-state index contributed by atoms with van der Waals surface area (Å²) in [4.78, 5) is 39.6. The zero-order chi connectivity index (χ0) is 19.3. The highest BCUT2D eigenvalue weighted by atomic mass is 19.1. The number of ketones is 1. The number of halogens is 1. The quantitative estimate of drug-likeness (QED) is 0.701. The van der Waals surface area contributed by atoms with E-state index in [1.54, 1.807) is 24.3 Å². The fourth-order valence-corrected chi connectivity index (χ4v) is 2.81. The molecule has 2 N–H and O–H groups in total. The number of aromatic nitrogens is 2. The van der Waals surface area contributed by atoms with Gasteiger partial charge in [-0.1, -0.05) is 26.0 Å². The summed E-state index contributed by atoms with van der Waals surface area (Å²) in [5.41, 5.74) is 0.364. The van der Waals surface area contributed by atoms with Crippen LogP contribution < -0.4 is 10.9 Å². The van der Waals surface area contributed by atoms with Crippen molar-refractivity contribution in [1.29, 1.82) is 0 Å². The van der Waals surface area contributed by atoms with Crippen LogP contribution in [0.4, 0.5) is 4.39 Å². The first-order chi connectivity index (χ1) is 12.3. The highest BCUT2D eigenvalue weighted by Gasteiger charge is 2.24. The number of aliphatic carboxylic acids is 1. The standard InChI is InChI=1S/C18H22FN3O4/c1-11(2)15(9-20-14(7-17(24)25)16(23)8-19)22-10-21-13-6-4-3-5-12(13)18(22)26/h3-6,10-11,14-15,20H,7-9H2,1-2H3,(H,24,25)/t14?,15-/m1/s1. The molecule has 2 rings (SSSR count). The third-order valence-corrected chi connectivity index (χ3v) is 4.29. The molecule has 0 bridgehead atoms. The molecule has 0 spiro atoms. The smallest absolute Gasteiger partial charge is 0.305 e. The predicted molar refractivity (Wildman–Crippen MR) is 94.9 cm³/mol. The molecule has 2 atom stereocenters. The van der Waals surface area contributed by atoms with Gasteiger partial charge in [0.15, 0.2) is 5.78 Å². The fourth-order valence-electron chi connectivity index (χ4n) is 2.81. The molecule has 0 amide bonds. The molecule has 0 radical (unpaired) electrons. The maximum absolute atomic E-state index is 12.8. The van der Waals surface area contributed by atoms with E-state index in [0.717, 1.165) is 0 Å². The van der Waals surface area contributed by atoms with Crippen LogP contribution in [-0.2, 0) is 9.59 Å². The molecule has 1 heterocycles. The minimum atomic E-state index is -1.24. The molecule has 0 aliphatic rings. The number of Topliss-reactive ketones (excluding diaryl/α,β-unsaturated/α-hetero) is 1. The van der Waals surface area contributed by atoms with E-state index in [4.69, 9.17) is 5.11 Å². The average Bonchev–Trinajstić information content (AvgIpc) is 2.61. The lowest BCUT2D eigenvalue weighted by Gasteiger charge is -2.26. The maximum Gasteiger partial charge on any atom is 0.305 e. The van der Waals surface area contributed by atoms with Crippen molar-refractivity contribution >= 4 is 22.7 Å². The molecule has 1 aromatic carbocycles. The van der Waals surface area contributed by atoms with Gasteiger partial charge in [-0.05, 0) is 18.1 Å². The van der Waals surface area contributed by atoms with Crippen LogP contribution in [0, 0.1) is 5.92 Å². The van der Waals surface area contributed by atoms with Gasteiger partial charge in [0.05, 0.1) is 35.7 Å². The van der Waals surface area contributed by atoms with Crippen molar-refractivity contribution < 1.29 is 19.1 Å². The van der Waals surface area contributed by atoms with E-state index in [1.807, 2.05) is 13.8 Å². The number of hydrogen-bond donors (Lipinski definition) is 2. The largest absolute Gasteiger partial charge is 0.481 e. The van der Waals surface area contributed by atoms with Gasteiger partial charge in [-0.3, -0.25) is 19.0 Å². The number of carboxylic acids is 1. The van der Waals surface area contributed by atoms with Gasteiger partial charge in [0.25, 0.3) is 5.56 Å². The van der Waals surface area contributed by atoms with Gasteiger partial charge < -0.3 is 10.4 Å². The maximum atomic E-state index is 12.8. The number of carbonyl (C=O) groups is 2. The summed E-state index contributed by atoms with van der Waals surface area (Å²) in [5, 5.41) is 12.2. The minimum absolute atomic E-state index is 0.00545. The number of para-hydroxylation sites is 1. The number of alkyl halides is 1. The molecule has 1 unspecified atom stereocenters. The van der Waals surface area contributed by atoms with Crippen LogP contribution in [0.25, 0.3) is 10.9 Å². The third-order valence-electron chi connectivity index (χ3n) is 4.29. The number of carboxylic acid groups (broad SMARTS) is 1. The Kier molecular flexibility index (Phi) is 6.57. The lowest BCUT2D eigenvalue weighted by Crippen LogP contribution is -2.44. The van der Waals surface area contributed by atoms with Crippen molar-refractivity contribution in [3.8, 4) is 0 Å². The fraction of sp³-hybridized carbons (Fsp3) is 0.444. The van der Waals surface area contributed by atoms with E-state index < -0.39 is 30.9 Å². The second-order valence-corrected chi connectivity index (χ2v) is 6.44. The van der Waals surface area contributed by atoms with Crippen molar-refractivity contribution in [2.45, 2.75) is 32.4 Å². The van der Waals surface area contributed by atoms with Gasteiger partial charge in [0.2, 0.25) is 0 Å². The van der Waals surface area contributed by atoms with E-state index in [-0.39, 0.29) is 24.1 Å². The van der Waals surface area contributed by atoms with Crippen molar-refractivity contribution in [1.82, 2.24) is 14.9 Å². The summed E-state index contributed by atoms with van der Waals surface area (Å²) in [6, 6.07) is 5.46. The Labute approximate surface area is 149 Å². The number of fused-ring (bicyclic) bond motifs is 1. The van der Waals surface area contributed by atoms with E-state index in [2.05, 4.69) is 10.3 Å². The molecule has 140 valence electrons. The summed E-state index contributed by atoms with van der Waals surface area (Å²) in [5.74, 6) is -2.03. The van der Waals surface area contributed by atoms with Crippen molar-refractivity contribution in [2.24, 2.45) is 5.92 Å². The first kappa shape index (κ1) is 19.7. The molecule has 0 saturated carbocycles. The number of hydrogen-bond acceptors (Lipinski definition) is 5. The highest BCUT2D eigenvalue weighted by Crippen LogP contribution is 2.16. The highest BCUT2D eigenvalue weighted by molar-refractivity contribution is 5.88. The number of rotatable bonds is 9. The van der Waals surface area contributed by atoms with Crippen LogP contribution in [0.3, 0.4) is 0 Å². The first-order valence-corrected chi connectivity index (χ1v) is 8.34. The molecular formula is C18H22FN3O4. The van der Waals surface area contributed by atoms with E-state index in [1.165, 1.54) is 10.9 Å². The molecule has 0 aliphatic heterocycles. The van der Waals surface area contributed by atoms with Crippen LogP contribution in [-0.4, -0.2) is 45.7 Å². The predicted octanol–water partition coefficient (Wildman–Crippen LogP) is 1.57. The molecule has 7 nitrogen and oxygen atoms in total. The number of nitrogens with zero attached hydrogens (tertiary/aromatic N) is 2. The summed E-state index contributed by atoms with van der Waals surface area (Å²) < 4.78 is 14.2. The lowest BCUT2D eigenvalue weighted by atomic mass is 10.0. The van der Waals surface area contributed by atoms with Gasteiger partial charge in [-0.15, -0.1) is 0 Å². The molecule has 26 heavy (non-hydrogen) atoms. The van der Waals surface area contributed by atoms with Gasteiger partial charge in [-0.2, -0.15) is 0 Å². The third kappa shape index (κ3) is 4.51. The zero-order valence-corrected chi connectivity index (χ0v) is 14.7. The topological polar surface area (TPSA) is 101 Å². The summed E-state index contributed by atoms with van der Waals surface area (Å²) >= 11 is 0. The second-order valence-electron chi connectivity index (χ2n) is 6.44. The van der Waals surface area contributed by atoms with Crippen LogP contribution in [0.15, 0.2) is 35.4 Å². The molecule has 0 saturated heterocycles. The Hall–Kier alpha value is -2.61.